The predicted molar refractivity (Wildman–Crippen MR) is 123 cm³/mol. The van der Waals surface area contributed by atoms with Gasteiger partial charge in [-0.25, -0.2) is 4.58 Å². The highest BCUT2D eigenvalue weighted by atomic mass is 79.9. The van der Waals surface area contributed by atoms with Gasteiger partial charge in [0.1, 0.15) is 14.1 Å². The number of fused-ring (bicyclic) bond motifs is 3. The first kappa shape index (κ1) is 18.5. The van der Waals surface area contributed by atoms with Crippen LogP contribution in [-0.4, -0.2) is 38.5 Å². The molecule has 28 heavy (non-hydrogen) atoms. The van der Waals surface area contributed by atoms with Crippen LogP contribution in [0.5, 0.6) is 0 Å². The number of anilines is 1. The maximum Gasteiger partial charge on any atom is 0.200 e. The number of rotatable bonds is 1. The van der Waals surface area contributed by atoms with Crippen LogP contribution in [0.3, 0.4) is 0 Å². The number of benzene rings is 2. The van der Waals surface area contributed by atoms with Crippen molar-refractivity contribution in [2.24, 2.45) is 0 Å². The second-order valence-corrected chi connectivity index (χ2v) is 8.30. The molecular weight excluding hydrogens is 408 g/mol. The minimum Gasteiger partial charge on any atom is -0.378 e. The van der Waals surface area contributed by atoms with Crippen LogP contribution in [0.25, 0.3) is 11.1 Å². The fourth-order valence-electron chi connectivity index (χ4n) is 3.45. The van der Waals surface area contributed by atoms with Gasteiger partial charge in [0.15, 0.2) is 5.71 Å². The highest BCUT2D eigenvalue weighted by Gasteiger charge is 2.28. The summed E-state index contributed by atoms with van der Waals surface area (Å²) >= 11 is 3.48. The van der Waals surface area contributed by atoms with Crippen LogP contribution in [0.15, 0.2) is 70.7 Å². The van der Waals surface area contributed by atoms with Crippen LogP contribution in [0.4, 0.5) is 5.69 Å². The smallest absolute Gasteiger partial charge is 0.200 e. The van der Waals surface area contributed by atoms with E-state index in [0.717, 1.165) is 15.6 Å². The van der Waals surface area contributed by atoms with Gasteiger partial charge in [0.25, 0.3) is 0 Å². The summed E-state index contributed by atoms with van der Waals surface area (Å²) in [5, 5.41) is 0. The number of halogens is 1. The zero-order valence-corrected chi connectivity index (χ0v) is 18.1. The molecule has 3 heteroatoms. The SMILES string of the molecule is CN(C)c1ccc2c(c1)C1=CC(=[N+](C)C)C=CC1=C2C#Cc1ccc(Br)cc1. The molecule has 2 aliphatic rings. The van der Waals surface area contributed by atoms with Gasteiger partial charge in [-0.05, 0) is 64.7 Å². The van der Waals surface area contributed by atoms with E-state index >= 15 is 0 Å². The number of hydrogen-bond acceptors (Lipinski definition) is 1. The van der Waals surface area contributed by atoms with Gasteiger partial charge in [-0.1, -0.05) is 33.8 Å². The molecule has 2 nitrogen and oxygen atoms in total. The van der Waals surface area contributed by atoms with Crippen molar-refractivity contribution >= 4 is 38.5 Å². The lowest BCUT2D eigenvalue weighted by Crippen LogP contribution is -2.11. The van der Waals surface area contributed by atoms with E-state index in [2.05, 4.69) is 102 Å². The monoisotopic (exact) mass is 429 g/mol. The Balaban J connectivity index is 1.88. The maximum atomic E-state index is 3.48. The highest BCUT2D eigenvalue weighted by molar-refractivity contribution is 9.10. The lowest BCUT2D eigenvalue weighted by atomic mass is 9.96. The van der Waals surface area contributed by atoms with Gasteiger partial charge in [0.2, 0.25) is 0 Å². The van der Waals surface area contributed by atoms with Crippen molar-refractivity contribution in [1.29, 1.82) is 0 Å². The van der Waals surface area contributed by atoms with Crippen molar-refractivity contribution in [2.45, 2.75) is 0 Å². The van der Waals surface area contributed by atoms with E-state index in [0.29, 0.717) is 0 Å². The van der Waals surface area contributed by atoms with E-state index in [1.54, 1.807) is 0 Å². The molecule has 0 saturated heterocycles. The Morgan fingerprint density at radius 1 is 0.893 bits per heavy atom. The number of allylic oxidation sites excluding steroid dienone is 6. The second kappa shape index (κ2) is 7.30. The third kappa shape index (κ3) is 3.37. The van der Waals surface area contributed by atoms with E-state index in [1.165, 1.54) is 33.7 Å². The first-order chi connectivity index (χ1) is 13.4. The highest BCUT2D eigenvalue weighted by Crippen LogP contribution is 2.44. The van der Waals surface area contributed by atoms with Gasteiger partial charge in [-0.3, -0.25) is 0 Å². The standard InChI is InChI=1S/C25H22BrN2/c1-27(2)19-10-13-22-21(12-7-17-5-8-18(26)9-6-17)23-14-11-20(28(3)4)16-25(23)24(22)15-19/h5-6,8-11,13-16H,1-4H3/q+1. The molecule has 0 unspecified atom stereocenters. The van der Waals surface area contributed by atoms with E-state index in [4.69, 9.17) is 0 Å². The molecule has 2 aromatic rings. The molecule has 4 rings (SSSR count). The molecule has 0 aromatic heterocycles. The third-order valence-electron chi connectivity index (χ3n) is 5.04. The van der Waals surface area contributed by atoms with Crippen molar-refractivity contribution in [2.75, 3.05) is 33.1 Å². The quantitative estimate of drug-likeness (QED) is 0.456. The van der Waals surface area contributed by atoms with Gasteiger partial charge in [-0.2, -0.15) is 0 Å². The van der Waals surface area contributed by atoms with Crippen molar-refractivity contribution in [3.05, 3.63) is 87.4 Å². The van der Waals surface area contributed by atoms with Gasteiger partial charge in [0.05, 0.1) is 0 Å². The van der Waals surface area contributed by atoms with Crippen molar-refractivity contribution in [1.82, 2.24) is 0 Å². The molecule has 2 aromatic carbocycles. The molecule has 0 aliphatic heterocycles. The van der Waals surface area contributed by atoms with Crippen LogP contribution < -0.4 is 4.90 Å². The summed E-state index contributed by atoms with van der Waals surface area (Å²) in [6, 6.07) is 14.8. The molecule has 0 amide bonds. The van der Waals surface area contributed by atoms with Gasteiger partial charge < -0.3 is 4.90 Å². The summed E-state index contributed by atoms with van der Waals surface area (Å²) in [5.41, 5.74) is 9.44. The molecule has 0 saturated carbocycles. The molecule has 0 atom stereocenters. The summed E-state index contributed by atoms with van der Waals surface area (Å²) in [7, 11) is 8.30. The Labute approximate surface area is 175 Å². The average molecular weight is 430 g/mol. The minimum atomic E-state index is 1.01. The van der Waals surface area contributed by atoms with Crippen molar-refractivity contribution < 1.29 is 4.58 Å². The van der Waals surface area contributed by atoms with Gasteiger partial charge >= 0.3 is 0 Å². The second-order valence-electron chi connectivity index (χ2n) is 7.38. The third-order valence-corrected chi connectivity index (χ3v) is 5.57. The Morgan fingerprint density at radius 3 is 2.32 bits per heavy atom. The Kier molecular flexibility index (Phi) is 4.83. The zero-order valence-electron chi connectivity index (χ0n) is 16.5. The first-order valence-corrected chi connectivity index (χ1v) is 10.0. The lowest BCUT2D eigenvalue weighted by molar-refractivity contribution is -0.462. The fraction of sp³-hybridized carbons (Fsp3) is 0.160. The summed E-state index contributed by atoms with van der Waals surface area (Å²) in [6.07, 6.45) is 6.63. The Bertz CT molecular complexity index is 1140. The molecule has 0 radical (unpaired) electrons. The topological polar surface area (TPSA) is 6.25 Å². The molecule has 0 N–H and O–H groups in total. The van der Waals surface area contributed by atoms with E-state index in [-0.39, 0.29) is 0 Å². The van der Waals surface area contributed by atoms with Gasteiger partial charge in [0, 0.05) is 47.5 Å². The summed E-state index contributed by atoms with van der Waals surface area (Å²) in [4.78, 5) is 2.14. The number of hydrogen-bond donors (Lipinski definition) is 0. The zero-order chi connectivity index (χ0) is 19.8. The van der Waals surface area contributed by atoms with Crippen LogP contribution in [0.2, 0.25) is 0 Å². The molecule has 2 aliphatic carbocycles. The fourth-order valence-corrected chi connectivity index (χ4v) is 3.71. The van der Waals surface area contributed by atoms with E-state index in [1.807, 2.05) is 24.3 Å². The molecular formula is C25H22BrN2+. The molecule has 0 spiro atoms. The summed E-state index contributed by atoms with van der Waals surface area (Å²) in [5.74, 6) is 6.79. The van der Waals surface area contributed by atoms with Crippen molar-refractivity contribution in [3.63, 3.8) is 0 Å². The van der Waals surface area contributed by atoms with Crippen LogP contribution in [-0.2, 0) is 0 Å². The Morgan fingerprint density at radius 2 is 1.64 bits per heavy atom. The van der Waals surface area contributed by atoms with Crippen LogP contribution in [0.1, 0.15) is 16.7 Å². The van der Waals surface area contributed by atoms with Crippen molar-refractivity contribution in [3.8, 4) is 11.8 Å². The van der Waals surface area contributed by atoms with E-state index in [9.17, 15) is 0 Å². The largest absolute Gasteiger partial charge is 0.378 e. The summed E-state index contributed by atoms with van der Waals surface area (Å²) in [6.45, 7) is 0. The van der Waals surface area contributed by atoms with E-state index < -0.39 is 0 Å². The van der Waals surface area contributed by atoms with Crippen LogP contribution in [0, 0.1) is 11.8 Å². The molecule has 138 valence electrons. The normalized spacial score (nSPS) is 14.2. The molecule has 0 heterocycles. The van der Waals surface area contributed by atoms with Gasteiger partial charge in [-0.15, -0.1) is 0 Å². The average Bonchev–Trinajstić information content (AvgIpc) is 3.00. The number of nitrogens with zero attached hydrogens (tertiary/aromatic N) is 2. The molecule has 0 bridgehead atoms. The molecule has 0 fully saturated rings. The first-order valence-electron chi connectivity index (χ1n) is 9.22. The maximum absolute atomic E-state index is 3.48. The summed E-state index contributed by atoms with van der Waals surface area (Å²) < 4.78 is 3.20. The predicted octanol–water partition coefficient (Wildman–Crippen LogP) is 5.00. The Hall–Kier alpha value is -2.83. The minimum absolute atomic E-state index is 1.01. The van der Waals surface area contributed by atoms with Crippen LogP contribution >= 0.6 is 15.9 Å². The lowest BCUT2D eigenvalue weighted by Gasteiger charge is -2.15.